The number of aliphatic hydroxyl groups is 1. The molecule has 8 aliphatic carbocycles. The quantitative estimate of drug-likeness (QED) is 0.824. The van der Waals surface area contributed by atoms with Crippen LogP contribution in [0.5, 0.6) is 0 Å². The highest BCUT2D eigenvalue weighted by atomic mass is 16.3. The number of carbonyl (C=O) groups is 1. The van der Waals surface area contributed by atoms with Gasteiger partial charge in [0.2, 0.25) is 5.91 Å². The molecular formula is C22H33NO2. The predicted octanol–water partition coefficient (Wildman–Crippen LogP) is 3.49. The summed E-state index contributed by atoms with van der Waals surface area (Å²) in [4.78, 5) is 13.0. The molecule has 0 spiro atoms. The van der Waals surface area contributed by atoms with Crippen LogP contribution in [0.3, 0.4) is 0 Å². The number of carbonyl (C=O) groups excluding carboxylic acids is 1. The van der Waals surface area contributed by atoms with Crippen LogP contribution in [0.2, 0.25) is 0 Å². The molecule has 1 amide bonds. The highest BCUT2D eigenvalue weighted by molar-refractivity contribution is 5.82. The van der Waals surface area contributed by atoms with E-state index in [1.165, 1.54) is 51.4 Å². The van der Waals surface area contributed by atoms with Gasteiger partial charge in [0.1, 0.15) is 0 Å². The van der Waals surface area contributed by atoms with E-state index in [9.17, 15) is 9.90 Å². The van der Waals surface area contributed by atoms with Gasteiger partial charge in [0.25, 0.3) is 0 Å². The smallest absolute Gasteiger partial charge is 0.223 e. The van der Waals surface area contributed by atoms with Gasteiger partial charge in [-0.3, -0.25) is 4.79 Å². The van der Waals surface area contributed by atoms with Gasteiger partial charge in [0.05, 0.1) is 5.41 Å². The first-order valence-electron chi connectivity index (χ1n) is 10.9. The van der Waals surface area contributed by atoms with Crippen molar-refractivity contribution in [3.8, 4) is 0 Å². The van der Waals surface area contributed by atoms with Crippen molar-refractivity contribution in [2.75, 3.05) is 6.61 Å². The molecule has 8 saturated carbocycles. The highest BCUT2D eigenvalue weighted by Gasteiger charge is 2.70. The van der Waals surface area contributed by atoms with E-state index < -0.39 is 0 Å². The van der Waals surface area contributed by atoms with Gasteiger partial charge in [-0.25, -0.2) is 0 Å². The Hall–Kier alpha value is -0.570. The van der Waals surface area contributed by atoms with Crippen LogP contribution in [0.25, 0.3) is 0 Å². The number of hydrogen-bond acceptors (Lipinski definition) is 2. The van der Waals surface area contributed by atoms with Crippen LogP contribution in [-0.2, 0) is 4.79 Å². The zero-order valence-electron chi connectivity index (χ0n) is 15.4. The molecule has 0 heterocycles. The maximum absolute atomic E-state index is 13.0. The second-order valence-electron chi connectivity index (χ2n) is 11.6. The fourth-order valence-electron chi connectivity index (χ4n) is 10.5. The van der Waals surface area contributed by atoms with Gasteiger partial charge >= 0.3 is 0 Å². The third-order valence-electron chi connectivity index (χ3n) is 10.0. The normalized spacial score (nSPS) is 61.0. The Morgan fingerprint density at radius 2 is 1.52 bits per heavy atom. The number of nitrogens with two attached hydrogens (primary N) is 1. The standard InChI is InChI=1S/C22H33NO2/c23-19(25)22-9-16-4-17(10-20(5-16,11-22)12-24)18(22)21-6-13-1-14(7-21)3-15(2-13)8-21/h13-18,24H,1-12H2,(H2,23,25). The van der Waals surface area contributed by atoms with E-state index in [0.717, 1.165) is 37.0 Å². The van der Waals surface area contributed by atoms with Crippen molar-refractivity contribution >= 4 is 5.91 Å². The number of rotatable bonds is 3. The SMILES string of the molecule is NC(=O)C12CC3CC(CC(CO)(C3)C1)C2C12CC3CC(CC(C3)C1)C2. The fraction of sp³-hybridized carbons (Fsp3) is 0.955. The minimum Gasteiger partial charge on any atom is -0.396 e. The third-order valence-corrected chi connectivity index (χ3v) is 10.0. The minimum absolute atomic E-state index is 0.0135. The number of amides is 1. The second-order valence-corrected chi connectivity index (χ2v) is 11.6. The minimum atomic E-state index is -0.293. The van der Waals surface area contributed by atoms with Gasteiger partial charge in [-0.1, -0.05) is 0 Å². The molecule has 3 nitrogen and oxygen atoms in total. The van der Waals surface area contributed by atoms with Gasteiger partial charge in [-0.15, -0.1) is 0 Å². The van der Waals surface area contributed by atoms with Crippen LogP contribution < -0.4 is 5.73 Å². The van der Waals surface area contributed by atoms with Gasteiger partial charge < -0.3 is 10.8 Å². The molecule has 25 heavy (non-hydrogen) atoms. The lowest BCUT2D eigenvalue weighted by Gasteiger charge is -2.71. The molecule has 0 aromatic rings. The number of aliphatic hydroxyl groups excluding tert-OH is 1. The average molecular weight is 344 g/mol. The maximum Gasteiger partial charge on any atom is 0.223 e. The fourth-order valence-corrected chi connectivity index (χ4v) is 10.5. The lowest BCUT2D eigenvalue weighted by atomic mass is 9.33. The van der Waals surface area contributed by atoms with E-state index in [1.807, 2.05) is 0 Å². The Balaban J connectivity index is 1.46. The largest absolute Gasteiger partial charge is 0.396 e. The predicted molar refractivity (Wildman–Crippen MR) is 95.3 cm³/mol. The van der Waals surface area contributed by atoms with Gasteiger partial charge in [0.15, 0.2) is 0 Å². The highest BCUT2D eigenvalue weighted by Crippen LogP contribution is 2.75. The molecule has 8 aliphatic rings. The van der Waals surface area contributed by atoms with Crippen molar-refractivity contribution in [2.45, 2.75) is 70.6 Å². The van der Waals surface area contributed by atoms with E-state index in [-0.39, 0.29) is 23.3 Å². The molecule has 0 aromatic heterocycles. The summed E-state index contributed by atoms with van der Waals surface area (Å²) in [5.74, 6) is 4.59. The first-order valence-corrected chi connectivity index (χ1v) is 10.9. The summed E-state index contributed by atoms with van der Waals surface area (Å²) in [7, 11) is 0. The van der Waals surface area contributed by atoms with E-state index in [4.69, 9.17) is 5.73 Å². The van der Waals surface area contributed by atoms with Crippen molar-refractivity contribution in [3.05, 3.63) is 0 Å². The number of hydrogen-bond donors (Lipinski definition) is 2. The lowest BCUT2D eigenvalue weighted by Crippen LogP contribution is -2.68. The second kappa shape index (κ2) is 4.64. The molecule has 3 N–H and O–H groups in total. The van der Waals surface area contributed by atoms with Gasteiger partial charge in [-0.05, 0) is 117 Å². The van der Waals surface area contributed by atoms with Crippen molar-refractivity contribution in [1.82, 2.24) is 0 Å². The van der Waals surface area contributed by atoms with Gasteiger partial charge in [-0.2, -0.15) is 0 Å². The third kappa shape index (κ3) is 1.84. The zero-order valence-corrected chi connectivity index (χ0v) is 15.4. The Morgan fingerprint density at radius 3 is 2.08 bits per heavy atom. The Morgan fingerprint density at radius 1 is 0.880 bits per heavy atom. The Bertz CT molecular complexity index is 594. The summed E-state index contributed by atoms with van der Waals surface area (Å²) in [5.41, 5.74) is 6.33. The molecule has 5 atom stereocenters. The van der Waals surface area contributed by atoms with E-state index in [1.54, 1.807) is 0 Å². The summed E-state index contributed by atoms with van der Waals surface area (Å²) in [5, 5.41) is 10.2. The summed E-state index contributed by atoms with van der Waals surface area (Å²) in [6.45, 7) is 0.266. The van der Waals surface area contributed by atoms with Crippen LogP contribution in [0, 0.1) is 51.8 Å². The van der Waals surface area contributed by atoms with Crippen molar-refractivity contribution in [2.24, 2.45) is 57.5 Å². The van der Waals surface area contributed by atoms with Crippen LogP contribution in [0.1, 0.15) is 70.6 Å². The molecule has 8 fully saturated rings. The van der Waals surface area contributed by atoms with E-state index in [2.05, 4.69) is 0 Å². The molecule has 5 unspecified atom stereocenters. The maximum atomic E-state index is 13.0. The molecule has 0 saturated heterocycles. The van der Waals surface area contributed by atoms with Gasteiger partial charge in [0, 0.05) is 6.61 Å². The zero-order chi connectivity index (χ0) is 17.0. The summed E-state index contributed by atoms with van der Waals surface area (Å²) in [6, 6.07) is 0. The first kappa shape index (κ1) is 15.5. The molecule has 0 radical (unpaired) electrons. The van der Waals surface area contributed by atoms with Crippen LogP contribution in [0.15, 0.2) is 0 Å². The summed E-state index contributed by atoms with van der Waals surface area (Å²) < 4.78 is 0. The monoisotopic (exact) mass is 343 g/mol. The molecule has 0 aliphatic heterocycles. The van der Waals surface area contributed by atoms with E-state index >= 15 is 0 Å². The Labute approximate surface area is 151 Å². The lowest BCUT2D eigenvalue weighted by molar-refractivity contribution is -0.230. The number of primary amides is 1. The van der Waals surface area contributed by atoms with Crippen molar-refractivity contribution < 1.29 is 9.90 Å². The summed E-state index contributed by atoms with van der Waals surface area (Å²) >= 11 is 0. The van der Waals surface area contributed by atoms with Crippen LogP contribution in [-0.4, -0.2) is 17.6 Å². The average Bonchev–Trinajstić information content (AvgIpc) is 2.52. The topological polar surface area (TPSA) is 63.3 Å². The molecule has 3 heteroatoms. The molecule has 0 aromatic carbocycles. The van der Waals surface area contributed by atoms with Crippen LogP contribution in [0.4, 0.5) is 0 Å². The van der Waals surface area contributed by atoms with Crippen molar-refractivity contribution in [1.29, 1.82) is 0 Å². The first-order chi connectivity index (χ1) is 12.0. The molecule has 138 valence electrons. The van der Waals surface area contributed by atoms with E-state index in [0.29, 0.717) is 23.2 Å². The molecular weight excluding hydrogens is 310 g/mol. The molecule has 8 bridgehead atoms. The van der Waals surface area contributed by atoms with Crippen molar-refractivity contribution in [3.63, 3.8) is 0 Å². The summed E-state index contributed by atoms with van der Waals surface area (Å²) in [6.07, 6.45) is 14.1. The Kier molecular flexibility index (Phi) is 2.87. The van der Waals surface area contributed by atoms with Crippen LogP contribution >= 0.6 is 0 Å². The molecule has 8 rings (SSSR count).